The van der Waals surface area contributed by atoms with Crippen LogP contribution >= 0.6 is 0 Å². The van der Waals surface area contributed by atoms with Crippen LogP contribution in [0.25, 0.3) is 11.4 Å². The molecule has 0 aliphatic rings. The third kappa shape index (κ3) is 4.57. The number of aromatic nitrogens is 2. The highest BCUT2D eigenvalue weighted by atomic mass is 16.5. The highest BCUT2D eigenvalue weighted by Crippen LogP contribution is 2.21. The number of rotatable bonds is 7. The number of carbonyl (C=O) groups excluding carboxylic acids is 1. The number of amides is 1. The minimum absolute atomic E-state index is 0.00284. The maximum Gasteiger partial charge on any atom is 0.246 e. The molecule has 1 amide bonds. The first-order chi connectivity index (χ1) is 13.5. The molecule has 0 aliphatic carbocycles. The number of methoxy groups -OCH3 is 1. The number of hydrogen-bond donors (Lipinski definition) is 0. The summed E-state index contributed by atoms with van der Waals surface area (Å²) in [5.41, 5.74) is 2.91. The standard InChI is InChI=1S/C22H25N3O3/c1-15(2)25(21(26)13-18-7-5-6-8-19(18)27-4)14-20-23-22(24-28-20)17-11-9-16(3)10-12-17/h5-12,15H,13-14H2,1-4H3. The first-order valence-electron chi connectivity index (χ1n) is 9.29. The van der Waals surface area contributed by atoms with Crippen LogP contribution < -0.4 is 4.74 Å². The van der Waals surface area contributed by atoms with E-state index in [2.05, 4.69) is 10.1 Å². The molecule has 0 unspecified atom stereocenters. The molecule has 0 fully saturated rings. The summed E-state index contributed by atoms with van der Waals surface area (Å²) >= 11 is 0. The number of ether oxygens (including phenoxy) is 1. The predicted octanol–water partition coefficient (Wildman–Crippen LogP) is 4.03. The Morgan fingerprint density at radius 3 is 2.54 bits per heavy atom. The molecule has 3 aromatic rings. The number of aryl methyl sites for hydroxylation is 1. The topological polar surface area (TPSA) is 68.5 Å². The number of nitrogens with zero attached hydrogens (tertiary/aromatic N) is 3. The Morgan fingerprint density at radius 1 is 1.14 bits per heavy atom. The lowest BCUT2D eigenvalue weighted by molar-refractivity contribution is -0.133. The second kappa shape index (κ2) is 8.69. The SMILES string of the molecule is COc1ccccc1CC(=O)N(Cc1nc(-c2ccc(C)cc2)no1)C(C)C. The van der Waals surface area contributed by atoms with Gasteiger partial charge in [-0.25, -0.2) is 0 Å². The molecule has 6 nitrogen and oxygen atoms in total. The minimum atomic E-state index is -0.0189. The maximum atomic E-state index is 12.9. The van der Waals surface area contributed by atoms with Crippen LogP contribution in [-0.2, 0) is 17.8 Å². The van der Waals surface area contributed by atoms with Crippen molar-refractivity contribution in [1.82, 2.24) is 15.0 Å². The van der Waals surface area contributed by atoms with Crippen LogP contribution in [0.2, 0.25) is 0 Å². The molecule has 3 rings (SSSR count). The lowest BCUT2D eigenvalue weighted by Gasteiger charge is -2.25. The second-order valence-electron chi connectivity index (χ2n) is 6.98. The number of hydrogen-bond acceptors (Lipinski definition) is 5. The Morgan fingerprint density at radius 2 is 1.86 bits per heavy atom. The fourth-order valence-corrected chi connectivity index (χ4v) is 2.96. The maximum absolute atomic E-state index is 12.9. The van der Waals surface area contributed by atoms with E-state index in [9.17, 15) is 4.79 Å². The molecule has 0 aliphatic heterocycles. The zero-order valence-corrected chi connectivity index (χ0v) is 16.7. The van der Waals surface area contributed by atoms with Gasteiger partial charge in [0.05, 0.1) is 13.5 Å². The van der Waals surface area contributed by atoms with Crippen molar-refractivity contribution in [3.05, 3.63) is 65.5 Å². The molecule has 1 aromatic heterocycles. The normalized spacial score (nSPS) is 10.9. The monoisotopic (exact) mass is 379 g/mol. The van der Waals surface area contributed by atoms with Crippen LogP contribution in [0.5, 0.6) is 5.75 Å². The molecule has 0 radical (unpaired) electrons. The van der Waals surface area contributed by atoms with Crippen molar-refractivity contribution in [2.24, 2.45) is 0 Å². The molecular weight excluding hydrogens is 354 g/mol. The van der Waals surface area contributed by atoms with Gasteiger partial charge in [-0.05, 0) is 26.8 Å². The molecule has 0 saturated heterocycles. The zero-order chi connectivity index (χ0) is 20.1. The number of para-hydroxylation sites is 1. The third-order valence-electron chi connectivity index (χ3n) is 4.56. The van der Waals surface area contributed by atoms with Gasteiger partial charge < -0.3 is 14.2 Å². The molecule has 6 heteroatoms. The van der Waals surface area contributed by atoms with Crippen LogP contribution in [0.4, 0.5) is 0 Å². The third-order valence-corrected chi connectivity index (χ3v) is 4.56. The van der Waals surface area contributed by atoms with E-state index < -0.39 is 0 Å². The van der Waals surface area contributed by atoms with Crippen LogP contribution in [-0.4, -0.2) is 34.1 Å². The highest BCUT2D eigenvalue weighted by Gasteiger charge is 2.22. The molecule has 146 valence electrons. The van der Waals surface area contributed by atoms with E-state index in [1.54, 1.807) is 12.0 Å². The minimum Gasteiger partial charge on any atom is -0.496 e. The van der Waals surface area contributed by atoms with Gasteiger partial charge in [0.15, 0.2) is 0 Å². The van der Waals surface area contributed by atoms with Crippen molar-refractivity contribution < 1.29 is 14.1 Å². The van der Waals surface area contributed by atoms with Gasteiger partial charge in [0, 0.05) is 17.2 Å². The second-order valence-corrected chi connectivity index (χ2v) is 6.98. The van der Waals surface area contributed by atoms with Crippen LogP contribution in [0.3, 0.4) is 0 Å². The molecule has 2 aromatic carbocycles. The van der Waals surface area contributed by atoms with E-state index in [0.717, 1.165) is 11.1 Å². The molecule has 0 spiro atoms. The van der Waals surface area contributed by atoms with Crippen molar-refractivity contribution in [3.8, 4) is 17.1 Å². The Hall–Kier alpha value is -3.15. The smallest absolute Gasteiger partial charge is 0.246 e. The first kappa shape index (κ1) is 19.6. The van der Waals surface area contributed by atoms with E-state index in [4.69, 9.17) is 9.26 Å². The van der Waals surface area contributed by atoms with E-state index in [1.807, 2.05) is 69.3 Å². The average molecular weight is 379 g/mol. The summed E-state index contributed by atoms with van der Waals surface area (Å²) in [4.78, 5) is 19.1. The van der Waals surface area contributed by atoms with Gasteiger partial charge in [-0.2, -0.15) is 4.98 Å². The fourth-order valence-electron chi connectivity index (χ4n) is 2.96. The largest absolute Gasteiger partial charge is 0.496 e. The van der Waals surface area contributed by atoms with Gasteiger partial charge in [0.25, 0.3) is 0 Å². The summed E-state index contributed by atoms with van der Waals surface area (Å²) in [6, 6.07) is 15.5. The van der Waals surface area contributed by atoms with E-state index in [0.29, 0.717) is 17.5 Å². The summed E-state index contributed by atoms with van der Waals surface area (Å²) < 4.78 is 10.7. The molecule has 28 heavy (non-hydrogen) atoms. The summed E-state index contributed by atoms with van der Waals surface area (Å²) in [7, 11) is 1.61. The van der Waals surface area contributed by atoms with Gasteiger partial charge in [-0.1, -0.05) is 53.2 Å². The Balaban J connectivity index is 1.74. The van der Waals surface area contributed by atoms with Crippen molar-refractivity contribution in [2.75, 3.05) is 7.11 Å². The Kier molecular flexibility index (Phi) is 6.09. The number of carbonyl (C=O) groups is 1. The summed E-state index contributed by atoms with van der Waals surface area (Å²) in [5.74, 6) is 1.63. The average Bonchev–Trinajstić information content (AvgIpc) is 3.15. The fraction of sp³-hybridized carbons (Fsp3) is 0.318. The predicted molar refractivity (Wildman–Crippen MR) is 107 cm³/mol. The van der Waals surface area contributed by atoms with E-state index >= 15 is 0 Å². The van der Waals surface area contributed by atoms with Gasteiger partial charge in [0.1, 0.15) is 12.3 Å². The van der Waals surface area contributed by atoms with Crippen molar-refractivity contribution >= 4 is 5.91 Å². The molecular formula is C22H25N3O3. The molecule has 1 heterocycles. The lowest BCUT2D eigenvalue weighted by Crippen LogP contribution is -2.37. The molecule has 0 N–H and O–H groups in total. The summed E-state index contributed by atoms with van der Waals surface area (Å²) in [6.45, 7) is 6.23. The molecule has 0 saturated carbocycles. The molecule has 0 bridgehead atoms. The van der Waals surface area contributed by atoms with E-state index in [1.165, 1.54) is 5.56 Å². The van der Waals surface area contributed by atoms with Gasteiger partial charge in [-0.15, -0.1) is 0 Å². The number of benzene rings is 2. The Labute approximate surface area is 165 Å². The highest BCUT2D eigenvalue weighted by molar-refractivity contribution is 5.79. The quantitative estimate of drug-likeness (QED) is 0.620. The Bertz CT molecular complexity index is 932. The zero-order valence-electron chi connectivity index (χ0n) is 16.7. The van der Waals surface area contributed by atoms with Crippen LogP contribution in [0.15, 0.2) is 53.1 Å². The van der Waals surface area contributed by atoms with Crippen LogP contribution in [0.1, 0.15) is 30.9 Å². The van der Waals surface area contributed by atoms with Gasteiger partial charge >= 0.3 is 0 Å². The van der Waals surface area contributed by atoms with Crippen LogP contribution in [0, 0.1) is 6.92 Å². The summed E-state index contributed by atoms with van der Waals surface area (Å²) in [6.07, 6.45) is 0.251. The van der Waals surface area contributed by atoms with Gasteiger partial charge in [-0.3, -0.25) is 4.79 Å². The van der Waals surface area contributed by atoms with Gasteiger partial charge in [0.2, 0.25) is 17.6 Å². The van der Waals surface area contributed by atoms with Crippen molar-refractivity contribution in [3.63, 3.8) is 0 Å². The van der Waals surface area contributed by atoms with Crippen molar-refractivity contribution in [1.29, 1.82) is 0 Å². The van der Waals surface area contributed by atoms with E-state index in [-0.39, 0.29) is 24.9 Å². The van der Waals surface area contributed by atoms with Crippen molar-refractivity contribution in [2.45, 2.75) is 39.8 Å². The first-order valence-corrected chi connectivity index (χ1v) is 9.29. The summed E-state index contributed by atoms with van der Waals surface area (Å²) in [5, 5.41) is 4.06. The molecule has 0 atom stereocenters. The lowest BCUT2D eigenvalue weighted by atomic mass is 10.1.